The predicted molar refractivity (Wildman–Crippen MR) is 141 cm³/mol. The number of hydrogen-bond donors (Lipinski definition) is 0. The Morgan fingerprint density at radius 1 is 0.467 bits per heavy atom. The highest BCUT2D eigenvalue weighted by Crippen LogP contribution is 2.20. The lowest BCUT2D eigenvalue weighted by molar-refractivity contribution is 0.0557. The first-order valence-electron chi connectivity index (χ1n) is 10.6. The number of esters is 2. The third-order valence-electron chi connectivity index (χ3n) is 5.28. The molecule has 0 saturated carbocycles. The van der Waals surface area contributed by atoms with Gasteiger partial charge >= 0.3 is 11.9 Å². The lowest BCUT2D eigenvalue weighted by atomic mass is 10.1. The van der Waals surface area contributed by atoms with E-state index in [2.05, 4.69) is 78.6 Å². The van der Waals surface area contributed by atoms with Crippen LogP contribution in [0.1, 0.15) is 20.7 Å². The third-order valence-corrected chi connectivity index (χ3v) is 14.0. The summed E-state index contributed by atoms with van der Waals surface area (Å²) < 4.78 is 10.6. The summed E-state index contributed by atoms with van der Waals surface area (Å²) in [6.07, 6.45) is 0. The molecule has 0 aliphatic carbocycles. The van der Waals surface area contributed by atoms with E-state index in [1.165, 1.54) is 24.6 Å². The fourth-order valence-corrected chi connectivity index (χ4v) is 18.6. The molecule has 1 aromatic carbocycles. The van der Waals surface area contributed by atoms with Crippen molar-refractivity contribution in [3.63, 3.8) is 0 Å². The van der Waals surface area contributed by atoms with Gasteiger partial charge in [-0.3, -0.25) is 0 Å². The van der Waals surface area contributed by atoms with E-state index < -0.39 is 44.2 Å². The maximum atomic E-state index is 13.3. The van der Waals surface area contributed by atoms with Crippen LogP contribution in [0.4, 0.5) is 0 Å². The van der Waals surface area contributed by atoms with Crippen LogP contribution in [0.5, 0.6) is 0 Å². The highest BCUT2D eigenvalue weighted by atomic mass is 28.3. The molecular weight excluding hydrogens is 441 g/mol. The molecule has 0 spiro atoms. The maximum Gasteiger partial charge on any atom is 0.338 e. The highest BCUT2D eigenvalue weighted by molar-refractivity contribution is 7.08. The number of methoxy groups -OCH3 is 2. The van der Waals surface area contributed by atoms with Crippen LogP contribution in [0, 0.1) is 0 Å². The molecule has 30 heavy (non-hydrogen) atoms. The number of carbonyl (C=O) groups is 2. The van der Waals surface area contributed by atoms with Gasteiger partial charge in [-0.25, -0.2) is 9.59 Å². The lowest BCUT2D eigenvalue weighted by Crippen LogP contribution is -2.75. The van der Waals surface area contributed by atoms with Gasteiger partial charge in [-0.2, -0.15) is 0 Å². The van der Waals surface area contributed by atoms with Crippen molar-refractivity contribution in [2.75, 3.05) is 14.2 Å². The van der Waals surface area contributed by atoms with E-state index in [0.29, 0.717) is 11.1 Å². The van der Waals surface area contributed by atoms with Crippen molar-refractivity contribution in [2.24, 2.45) is 0 Å². The zero-order chi connectivity index (χ0) is 24.0. The summed E-state index contributed by atoms with van der Waals surface area (Å²) in [6.45, 7) is 27.8. The normalized spacial score (nSPS) is 13.3. The molecule has 4 nitrogen and oxygen atoms in total. The maximum absolute atomic E-state index is 13.3. The molecule has 8 heteroatoms. The minimum absolute atomic E-state index is 0.408. The molecule has 1 aromatic rings. The minimum Gasteiger partial charge on any atom is -0.465 e. The SMILES string of the molecule is COC(=O)c1c(C(=O)OC)c([Si](C)(C)C)c([Si](C)(C)C)c([Si](C)(C)C)c1[Si](C)(C)C. The first-order valence-corrected chi connectivity index (χ1v) is 24.6. The number of benzene rings is 1. The van der Waals surface area contributed by atoms with E-state index >= 15 is 0 Å². The molecule has 0 aromatic heterocycles. The Morgan fingerprint density at radius 2 is 0.667 bits per heavy atom. The Balaban J connectivity index is 4.78. The molecule has 0 unspecified atom stereocenters. The summed E-state index contributed by atoms with van der Waals surface area (Å²) in [5.74, 6) is -0.817. The molecule has 0 atom stereocenters. The van der Waals surface area contributed by atoms with Gasteiger partial charge in [0.25, 0.3) is 0 Å². The number of ether oxygens (including phenoxy) is 2. The van der Waals surface area contributed by atoms with Gasteiger partial charge in [0.05, 0.1) is 57.6 Å². The standard InChI is InChI=1S/C22H42O4Si4/c1-25-21(23)15-16(22(24)26-2)18(28(6,7)8)20(30(12,13)14)19(29(9,10)11)17(15)27(3,4)5/h1-14H3. The fraction of sp³-hybridized carbons (Fsp3) is 0.636. The Kier molecular flexibility index (Phi) is 7.68. The van der Waals surface area contributed by atoms with Crippen molar-refractivity contribution >= 4 is 65.0 Å². The second-order valence-corrected chi connectivity index (χ2v) is 32.2. The minimum atomic E-state index is -2.03. The Hall–Kier alpha value is -0.972. The summed E-state index contributed by atoms with van der Waals surface area (Å²) >= 11 is 0. The lowest BCUT2D eigenvalue weighted by Gasteiger charge is -2.41. The van der Waals surface area contributed by atoms with E-state index in [1.54, 1.807) is 0 Å². The molecule has 0 aliphatic rings. The van der Waals surface area contributed by atoms with Crippen LogP contribution in [0.3, 0.4) is 0 Å². The third kappa shape index (κ3) is 5.25. The second-order valence-electron chi connectivity index (χ2n) is 12.2. The van der Waals surface area contributed by atoms with E-state index in [4.69, 9.17) is 9.47 Å². The Labute approximate surface area is 187 Å². The molecule has 0 amide bonds. The first kappa shape index (κ1) is 27.1. The second kappa shape index (κ2) is 8.52. The van der Waals surface area contributed by atoms with E-state index in [-0.39, 0.29) is 0 Å². The topological polar surface area (TPSA) is 52.6 Å². The molecule has 0 aliphatic heterocycles. The monoisotopic (exact) mass is 482 g/mol. The van der Waals surface area contributed by atoms with Crippen molar-refractivity contribution in [1.82, 2.24) is 0 Å². The largest absolute Gasteiger partial charge is 0.465 e. The predicted octanol–water partition coefficient (Wildman–Crippen LogP) is 3.44. The summed E-state index contributed by atoms with van der Waals surface area (Å²) in [7, 11) is -5.00. The zero-order valence-corrected chi connectivity index (χ0v) is 25.6. The van der Waals surface area contributed by atoms with Crippen molar-refractivity contribution in [3.8, 4) is 0 Å². The summed E-state index contributed by atoms with van der Waals surface area (Å²) in [4.78, 5) is 26.6. The van der Waals surface area contributed by atoms with Gasteiger partial charge in [0.15, 0.2) is 0 Å². The Bertz CT molecular complexity index is 778. The van der Waals surface area contributed by atoms with Crippen LogP contribution in [0.15, 0.2) is 0 Å². The van der Waals surface area contributed by atoms with Crippen molar-refractivity contribution in [2.45, 2.75) is 78.6 Å². The number of rotatable bonds is 6. The van der Waals surface area contributed by atoms with Crippen LogP contribution in [0.2, 0.25) is 78.6 Å². The van der Waals surface area contributed by atoms with Crippen molar-refractivity contribution in [3.05, 3.63) is 11.1 Å². The van der Waals surface area contributed by atoms with Crippen molar-refractivity contribution in [1.29, 1.82) is 0 Å². The van der Waals surface area contributed by atoms with Crippen LogP contribution < -0.4 is 20.7 Å². The fourth-order valence-electron chi connectivity index (χ4n) is 4.36. The molecule has 0 radical (unpaired) electrons. The highest BCUT2D eigenvalue weighted by Gasteiger charge is 2.45. The molecule has 1 rings (SSSR count). The number of carbonyl (C=O) groups excluding carboxylic acids is 2. The van der Waals surface area contributed by atoms with E-state index in [0.717, 1.165) is 10.4 Å². The van der Waals surface area contributed by atoms with Gasteiger partial charge in [0.1, 0.15) is 0 Å². The quantitative estimate of drug-likeness (QED) is 0.460. The van der Waals surface area contributed by atoms with Crippen LogP contribution >= 0.6 is 0 Å². The van der Waals surface area contributed by atoms with Crippen LogP contribution in [-0.4, -0.2) is 58.5 Å². The van der Waals surface area contributed by atoms with Crippen LogP contribution in [0.25, 0.3) is 0 Å². The summed E-state index contributed by atoms with van der Waals surface area (Å²) in [5, 5.41) is 5.05. The molecule has 170 valence electrons. The molecule has 0 saturated heterocycles. The average Bonchev–Trinajstić information content (AvgIpc) is 2.54. The molecular formula is C22H42O4Si4. The van der Waals surface area contributed by atoms with Gasteiger partial charge < -0.3 is 9.47 Å². The van der Waals surface area contributed by atoms with Gasteiger partial charge in [-0.1, -0.05) is 88.9 Å². The first-order chi connectivity index (χ1) is 13.2. The van der Waals surface area contributed by atoms with Crippen molar-refractivity contribution < 1.29 is 19.1 Å². The molecule has 0 fully saturated rings. The van der Waals surface area contributed by atoms with Gasteiger partial charge in [-0.05, 0) is 10.4 Å². The number of hydrogen-bond acceptors (Lipinski definition) is 4. The summed E-state index contributed by atoms with van der Waals surface area (Å²) in [6, 6.07) is 0. The Morgan fingerprint density at radius 3 is 0.800 bits per heavy atom. The molecule has 0 heterocycles. The average molecular weight is 483 g/mol. The van der Waals surface area contributed by atoms with E-state index in [1.807, 2.05) is 0 Å². The van der Waals surface area contributed by atoms with Gasteiger partial charge in [0.2, 0.25) is 0 Å². The van der Waals surface area contributed by atoms with Crippen LogP contribution in [-0.2, 0) is 9.47 Å². The van der Waals surface area contributed by atoms with Gasteiger partial charge in [0, 0.05) is 0 Å². The van der Waals surface area contributed by atoms with E-state index in [9.17, 15) is 9.59 Å². The molecule has 0 N–H and O–H groups in total. The zero-order valence-electron chi connectivity index (χ0n) is 21.6. The summed E-state index contributed by atoms with van der Waals surface area (Å²) in [5.41, 5.74) is 0.973. The smallest absolute Gasteiger partial charge is 0.338 e. The molecule has 0 bridgehead atoms. The van der Waals surface area contributed by atoms with Gasteiger partial charge in [-0.15, -0.1) is 0 Å².